The van der Waals surface area contributed by atoms with Gasteiger partial charge in [-0.05, 0) is 25.2 Å². The van der Waals surface area contributed by atoms with E-state index in [1.54, 1.807) is 0 Å². The molecule has 1 rings (SSSR count). The molecule has 0 atom stereocenters. The Kier molecular flexibility index (Phi) is 11.3. The second-order valence-electron chi connectivity index (χ2n) is 8.63. The van der Waals surface area contributed by atoms with Crippen molar-refractivity contribution in [2.75, 3.05) is 6.61 Å². The molecular weight excluding hydrogens is 322 g/mol. The predicted molar refractivity (Wildman–Crippen MR) is 108 cm³/mol. The molecule has 0 saturated heterocycles. The molecule has 0 spiro atoms. The van der Waals surface area contributed by atoms with Crippen molar-refractivity contribution in [3.8, 4) is 6.07 Å². The monoisotopic (exact) mass is 361 g/mol. The smallest absolute Gasteiger partial charge is 0.125 e. The van der Waals surface area contributed by atoms with Crippen molar-refractivity contribution in [1.82, 2.24) is 9.55 Å². The summed E-state index contributed by atoms with van der Waals surface area (Å²) in [5.41, 5.74) is 1.44. The van der Waals surface area contributed by atoms with Crippen molar-refractivity contribution in [2.24, 2.45) is 5.41 Å². The number of rotatable bonds is 14. The lowest BCUT2D eigenvalue weighted by Gasteiger charge is -2.17. The highest BCUT2D eigenvalue weighted by Crippen LogP contribution is 2.22. The average Bonchev–Trinajstić information content (AvgIpc) is 2.91. The fraction of sp³-hybridized carbons (Fsp3) is 0.818. The Bertz CT molecular complexity index is 522. The zero-order chi connectivity index (χ0) is 19.3. The summed E-state index contributed by atoms with van der Waals surface area (Å²) >= 11 is 0. The van der Waals surface area contributed by atoms with E-state index in [4.69, 9.17) is 10.00 Å². The first-order chi connectivity index (χ1) is 12.4. The van der Waals surface area contributed by atoms with Gasteiger partial charge in [0.2, 0.25) is 0 Å². The highest BCUT2D eigenvalue weighted by molar-refractivity contribution is 5.05. The number of nitriles is 1. The molecule has 1 heterocycles. The molecule has 0 saturated carbocycles. The number of imidazole rings is 1. The van der Waals surface area contributed by atoms with Gasteiger partial charge in [0.15, 0.2) is 0 Å². The van der Waals surface area contributed by atoms with Crippen LogP contribution in [-0.2, 0) is 17.9 Å². The standard InChI is InChI=1S/C22H39N3O/c1-20-18-25(21(24-20)14-16-23)19-26-17-13-11-9-7-5-6-8-10-12-15-22(2,3)4/h18H,5-15,17,19H2,1-4H3. The van der Waals surface area contributed by atoms with E-state index >= 15 is 0 Å². The van der Waals surface area contributed by atoms with Crippen molar-refractivity contribution < 1.29 is 4.74 Å². The molecule has 26 heavy (non-hydrogen) atoms. The summed E-state index contributed by atoms with van der Waals surface area (Å²) in [6.45, 7) is 10.2. The Morgan fingerprint density at radius 1 is 1.00 bits per heavy atom. The van der Waals surface area contributed by atoms with E-state index in [1.807, 2.05) is 17.7 Å². The quantitative estimate of drug-likeness (QED) is 0.372. The molecule has 0 aliphatic rings. The SMILES string of the molecule is Cc1cn(COCCCCCCCCCCCC(C)(C)C)c(CC#N)n1. The summed E-state index contributed by atoms with van der Waals surface area (Å²) < 4.78 is 7.68. The van der Waals surface area contributed by atoms with Gasteiger partial charge in [-0.3, -0.25) is 0 Å². The molecule has 0 amide bonds. The third-order valence-electron chi connectivity index (χ3n) is 4.66. The lowest BCUT2D eigenvalue weighted by Crippen LogP contribution is -2.06. The van der Waals surface area contributed by atoms with Gasteiger partial charge in [-0.2, -0.15) is 5.26 Å². The zero-order valence-electron chi connectivity index (χ0n) is 17.5. The van der Waals surface area contributed by atoms with Gasteiger partial charge < -0.3 is 9.30 Å². The van der Waals surface area contributed by atoms with Crippen LogP contribution in [0.2, 0.25) is 0 Å². The lowest BCUT2D eigenvalue weighted by molar-refractivity contribution is 0.0722. The summed E-state index contributed by atoms with van der Waals surface area (Å²) in [4.78, 5) is 4.35. The molecule has 0 unspecified atom stereocenters. The van der Waals surface area contributed by atoms with Gasteiger partial charge in [0.1, 0.15) is 12.6 Å². The van der Waals surface area contributed by atoms with Crippen LogP contribution in [0.3, 0.4) is 0 Å². The zero-order valence-corrected chi connectivity index (χ0v) is 17.5. The normalized spacial score (nSPS) is 11.7. The Balaban J connectivity index is 1.90. The lowest BCUT2D eigenvalue weighted by atomic mass is 9.89. The summed E-state index contributed by atoms with van der Waals surface area (Å²) in [6.07, 6.45) is 15.6. The maximum Gasteiger partial charge on any atom is 0.125 e. The number of aromatic nitrogens is 2. The molecule has 0 N–H and O–H groups in total. The Labute approximate surface area is 161 Å². The summed E-state index contributed by atoms with van der Waals surface area (Å²) in [7, 11) is 0. The van der Waals surface area contributed by atoms with Gasteiger partial charge in [0, 0.05) is 12.8 Å². The van der Waals surface area contributed by atoms with Crippen LogP contribution < -0.4 is 0 Å². The minimum Gasteiger partial charge on any atom is -0.361 e. The van der Waals surface area contributed by atoms with Crippen molar-refractivity contribution in [1.29, 1.82) is 5.26 Å². The van der Waals surface area contributed by atoms with Crippen LogP contribution in [0.1, 0.15) is 96.5 Å². The second kappa shape index (κ2) is 12.9. The van der Waals surface area contributed by atoms with Gasteiger partial charge in [-0.25, -0.2) is 4.98 Å². The number of aryl methyl sites for hydroxylation is 1. The summed E-state index contributed by atoms with van der Waals surface area (Å²) in [5.74, 6) is 0.799. The third kappa shape index (κ3) is 11.3. The molecule has 4 heteroatoms. The minimum atomic E-state index is 0.341. The molecule has 0 fully saturated rings. The van der Waals surface area contributed by atoms with Gasteiger partial charge in [-0.1, -0.05) is 72.1 Å². The van der Waals surface area contributed by atoms with E-state index in [9.17, 15) is 0 Å². The highest BCUT2D eigenvalue weighted by atomic mass is 16.5. The first-order valence-corrected chi connectivity index (χ1v) is 10.4. The average molecular weight is 362 g/mol. The summed E-state index contributed by atoms with van der Waals surface area (Å²) in [5, 5.41) is 8.81. The van der Waals surface area contributed by atoms with Crippen molar-refractivity contribution in [3.05, 3.63) is 17.7 Å². The molecule has 0 aliphatic heterocycles. The van der Waals surface area contributed by atoms with Gasteiger partial charge in [0.25, 0.3) is 0 Å². The van der Waals surface area contributed by atoms with Crippen LogP contribution >= 0.6 is 0 Å². The molecule has 0 bridgehead atoms. The van der Waals surface area contributed by atoms with E-state index in [0.717, 1.165) is 24.5 Å². The number of hydrogen-bond donors (Lipinski definition) is 0. The first-order valence-electron chi connectivity index (χ1n) is 10.4. The number of unbranched alkanes of at least 4 members (excludes halogenated alkanes) is 8. The van der Waals surface area contributed by atoms with E-state index in [1.165, 1.54) is 57.8 Å². The van der Waals surface area contributed by atoms with E-state index in [-0.39, 0.29) is 0 Å². The Morgan fingerprint density at radius 3 is 2.15 bits per heavy atom. The molecular formula is C22H39N3O. The van der Waals surface area contributed by atoms with E-state index in [2.05, 4.69) is 31.8 Å². The van der Waals surface area contributed by atoms with Gasteiger partial charge >= 0.3 is 0 Å². The Morgan fingerprint density at radius 2 is 1.58 bits per heavy atom. The largest absolute Gasteiger partial charge is 0.361 e. The van der Waals surface area contributed by atoms with Crippen molar-refractivity contribution in [2.45, 2.75) is 105 Å². The fourth-order valence-electron chi connectivity index (χ4n) is 3.18. The molecule has 1 aromatic heterocycles. The third-order valence-corrected chi connectivity index (χ3v) is 4.66. The van der Waals surface area contributed by atoms with Crippen LogP contribution in [-0.4, -0.2) is 16.2 Å². The van der Waals surface area contributed by atoms with Crippen molar-refractivity contribution in [3.63, 3.8) is 0 Å². The van der Waals surface area contributed by atoms with Crippen molar-refractivity contribution >= 4 is 0 Å². The molecule has 0 aliphatic carbocycles. The topological polar surface area (TPSA) is 50.8 Å². The van der Waals surface area contributed by atoms with Crippen LogP contribution in [0.5, 0.6) is 0 Å². The molecule has 0 radical (unpaired) electrons. The summed E-state index contributed by atoms with van der Waals surface area (Å²) in [6, 6.07) is 2.15. The molecule has 148 valence electrons. The van der Waals surface area contributed by atoms with Gasteiger partial charge in [0.05, 0.1) is 18.2 Å². The van der Waals surface area contributed by atoms with Crippen LogP contribution in [0.4, 0.5) is 0 Å². The van der Waals surface area contributed by atoms with E-state index < -0.39 is 0 Å². The Hall–Kier alpha value is -1.34. The number of nitrogens with zero attached hydrogens (tertiary/aromatic N) is 3. The number of hydrogen-bond acceptors (Lipinski definition) is 3. The molecule has 1 aromatic rings. The van der Waals surface area contributed by atoms with Crippen LogP contribution in [0.15, 0.2) is 6.20 Å². The minimum absolute atomic E-state index is 0.341. The van der Waals surface area contributed by atoms with Crippen LogP contribution in [0.25, 0.3) is 0 Å². The van der Waals surface area contributed by atoms with Crippen LogP contribution in [0, 0.1) is 23.7 Å². The first kappa shape index (κ1) is 22.7. The molecule has 0 aromatic carbocycles. The maximum atomic E-state index is 8.81. The van der Waals surface area contributed by atoms with E-state index in [0.29, 0.717) is 18.6 Å². The molecule has 4 nitrogen and oxygen atoms in total. The maximum absolute atomic E-state index is 8.81. The van der Waals surface area contributed by atoms with Gasteiger partial charge in [-0.15, -0.1) is 0 Å². The predicted octanol–water partition coefficient (Wildman–Crippen LogP) is 6.18. The highest BCUT2D eigenvalue weighted by Gasteiger charge is 2.08. The fourth-order valence-corrected chi connectivity index (χ4v) is 3.18. The second-order valence-corrected chi connectivity index (χ2v) is 8.63. The number of ether oxygens (including phenoxy) is 1.